The SMILES string of the molecule is CC(C)n1c(N)nnc1SCc1ncnn1C. The number of aromatic nitrogens is 6. The van der Waals surface area contributed by atoms with Crippen molar-refractivity contribution in [2.24, 2.45) is 7.05 Å². The van der Waals surface area contributed by atoms with E-state index in [1.807, 2.05) is 25.5 Å². The summed E-state index contributed by atoms with van der Waals surface area (Å²) in [6.07, 6.45) is 1.54. The van der Waals surface area contributed by atoms with Crippen molar-refractivity contribution < 1.29 is 0 Å². The zero-order valence-electron chi connectivity index (χ0n) is 10.0. The molecule has 0 aliphatic carbocycles. The number of nitrogens with two attached hydrogens (primary N) is 1. The largest absolute Gasteiger partial charge is 0.368 e. The predicted molar refractivity (Wildman–Crippen MR) is 65.4 cm³/mol. The first kappa shape index (κ1) is 11.9. The molecule has 8 heteroatoms. The van der Waals surface area contributed by atoms with E-state index in [1.54, 1.807) is 16.4 Å². The molecule has 0 atom stereocenters. The van der Waals surface area contributed by atoms with E-state index < -0.39 is 0 Å². The van der Waals surface area contributed by atoms with Gasteiger partial charge in [-0.1, -0.05) is 11.8 Å². The zero-order chi connectivity index (χ0) is 12.4. The van der Waals surface area contributed by atoms with Crippen molar-refractivity contribution in [1.82, 2.24) is 29.5 Å². The van der Waals surface area contributed by atoms with E-state index in [-0.39, 0.29) is 6.04 Å². The van der Waals surface area contributed by atoms with Gasteiger partial charge >= 0.3 is 0 Å². The van der Waals surface area contributed by atoms with Crippen LogP contribution in [0.15, 0.2) is 11.5 Å². The minimum Gasteiger partial charge on any atom is -0.368 e. The maximum absolute atomic E-state index is 5.76. The van der Waals surface area contributed by atoms with E-state index in [4.69, 9.17) is 5.73 Å². The highest BCUT2D eigenvalue weighted by Gasteiger charge is 2.13. The van der Waals surface area contributed by atoms with Gasteiger partial charge in [0, 0.05) is 13.1 Å². The molecule has 0 unspecified atom stereocenters. The zero-order valence-corrected chi connectivity index (χ0v) is 10.8. The van der Waals surface area contributed by atoms with Gasteiger partial charge in [-0.3, -0.25) is 9.25 Å². The van der Waals surface area contributed by atoms with Crippen molar-refractivity contribution in [3.8, 4) is 0 Å². The summed E-state index contributed by atoms with van der Waals surface area (Å²) in [4.78, 5) is 4.15. The number of anilines is 1. The molecule has 2 N–H and O–H groups in total. The molecule has 0 fully saturated rings. The van der Waals surface area contributed by atoms with Crippen LogP contribution in [0.5, 0.6) is 0 Å². The van der Waals surface area contributed by atoms with Gasteiger partial charge in [-0.15, -0.1) is 10.2 Å². The molecule has 17 heavy (non-hydrogen) atoms. The van der Waals surface area contributed by atoms with Crippen molar-refractivity contribution in [2.45, 2.75) is 30.8 Å². The lowest BCUT2D eigenvalue weighted by Gasteiger charge is -2.10. The Morgan fingerprint density at radius 2 is 2.18 bits per heavy atom. The van der Waals surface area contributed by atoms with Gasteiger partial charge in [0.15, 0.2) is 5.16 Å². The molecule has 0 aliphatic rings. The van der Waals surface area contributed by atoms with E-state index in [9.17, 15) is 0 Å². The maximum Gasteiger partial charge on any atom is 0.222 e. The van der Waals surface area contributed by atoms with Crippen molar-refractivity contribution in [3.63, 3.8) is 0 Å². The summed E-state index contributed by atoms with van der Waals surface area (Å²) in [7, 11) is 1.87. The van der Waals surface area contributed by atoms with Gasteiger partial charge in [0.1, 0.15) is 12.2 Å². The third-order valence-electron chi connectivity index (χ3n) is 2.34. The molecule has 0 saturated carbocycles. The van der Waals surface area contributed by atoms with Crippen LogP contribution in [0.25, 0.3) is 0 Å². The van der Waals surface area contributed by atoms with Crippen molar-refractivity contribution in [3.05, 3.63) is 12.2 Å². The monoisotopic (exact) mass is 253 g/mol. The van der Waals surface area contributed by atoms with Crippen molar-refractivity contribution in [2.75, 3.05) is 5.73 Å². The predicted octanol–water partition coefficient (Wildman–Crippen LogP) is 0.862. The fraction of sp³-hybridized carbons (Fsp3) is 0.556. The van der Waals surface area contributed by atoms with Gasteiger partial charge in [-0.2, -0.15) is 5.10 Å². The van der Waals surface area contributed by atoms with Crippen LogP contribution in [0.3, 0.4) is 0 Å². The lowest BCUT2D eigenvalue weighted by atomic mass is 10.4. The summed E-state index contributed by atoms with van der Waals surface area (Å²) in [5.74, 6) is 2.04. The molecule has 0 bridgehead atoms. The van der Waals surface area contributed by atoms with Crippen LogP contribution >= 0.6 is 11.8 Å². The second-order valence-electron chi connectivity index (χ2n) is 3.89. The van der Waals surface area contributed by atoms with Gasteiger partial charge in [-0.05, 0) is 13.8 Å². The smallest absolute Gasteiger partial charge is 0.222 e. The Hall–Kier alpha value is -1.57. The Morgan fingerprint density at radius 3 is 2.76 bits per heavy atom. The Labute approximate surface area is 103 Å². The van der Waals surface area contributed by atoms with Crippen LogP contribution in [-0.2, 0) is 12.8 Å². The normalized spacial score (nSPS) is 11.3. The van der Waals surface area contributed by atoms with E-state index in [2.05, 4.69) is 20.3 Å². The van der Waals surface area contributed by atoms with Gasteiger partial charge in [0.25, 0.3) is 0 Å². The number of hydrogen-bond acceptors (Lipinski definition) is 6. The summed E-state index contributed by atoms with van der Waals surface area (Å²) in [6.45, 7) is 4.10. The van der Waals surface area contributed by atoms with Crippen LogP contribution in [0.1, 0.15) is 25.7 Å². The van der Waals surface area contributed by atoms with Crippen LogP contribution in [0.2, 0.25) is 0 Å². The van der Waals surface area contributed by atoms with E-state index >= 15 is 0 Å². The fourth-order valence-electron chi connectivity index (χ4n) is 1.45. The average Bonchev–Trinajstić information content (AvgIpc) is 2.82. The molecule has 2 rings (SSSR count). The van der Waals surface area contributed by atoms with Crippen LogP contribution in [0, 0.1) is 0 Å². The molecule has 0 aromatic carbocycles. The minimum atomic E-state index is 0.243. The molecule has 0 amide bonds. The topological polar surface area (TPSA) is 87.4 Å². The lowest BCUT2D eigenvalue weighted by Crippen LogP contribution is -2.07. The summed E-state index contributed by atoms with van der Waals surface area (Å²) in [5, 5.41) is 12.8. The van der Waals surface area contributed by atoms with Crippen molar-refractivity contribution in [1.29, 1.82) is 0 Å². The molecule has 0 spiro atoms. The first-order valence-corrected chi connectivity index (χ1v) is 6.24. The molecule has 2 heterocycles. The second kappa shape index (κ2) is 4.74. The Bertz CT molecular complexity index is 501. The number of thioether (sulfide) groups is 1. The van der Waals surface area contributed by atoms with E-state index in [0.29, 0.717) is 11.7 Å². The number of nitrogen functional groups attached to an aromatic ring is 1. The molecule has 92 valence electrons. The lowest BCUT2D eigenvalue weighted by molar-refractivity contribution is 0.557. The van der Waals surface area contributed by atoms with Crippen LogP contribution < -0.4 is 5.73 Å². The van der Waals surface area contributed by atoms with Gasteiger partial charge in [0.2, 0.25) is 5.95 Å². The fourth-order valence-corrected chi connectivity index (χ4v) is 2.51. The van der Waals surface area contributed by atoms with Gasteiger partial charge in [-0.25, -0.2) is 4.98 Å². The quantitative estimate of drug-likeness (QED) is 0.813. The molecular formula is C9H15N7S. The third-order valence-corrected chi connectivity index (χ3v) is 3.28. The van der Waals surface area contributed by atoms with Crippen molar-refractivity contribution >= 4 is 17.7 Å². The summed E-state index contributed by atoms with van der Waals surface area (Å²) < 4.78 is 3.65. The van der Waals surface area contributed by atoms with E-state index in [0.717, 1.165) is 11.0 Å². The molecule has 2 aromatic heterocycles. The highest BCUT2D eigenvalue weighted by atomic mass is 32.2. The number of rotatable bonds is 4. The molecular weight excluding hydrogens is 238 g/mol. The summed E-state index contributed by atoms with van der Waals surface area (Å²) in [6, 6.07) is 0.243. The first-order chi connectivity index (χ1) is 8.09. The van der Waals surface area contributed by atoms with Crippen LogP contribution in [0.4, 0.5) is 5.95 Å². The standard InChI is InChI=1S/C9H15N7S/c1-6(2)16-8(10)13-14-9(16)17-4-7-11-5-12-15(7)3/h5-6H,4H2,1-3H3,(H2,10,13). The van der Waals surface area contributed by atoms with Gasteiger partial charge < -0.3 is 5.73 Å². The molecule has 2 aromatic rings. The molecule has 0 radical (unpaired) electrons. The number of hydrogen-bond donors (Lipinski definition) is 1. The number of nitrogens with zero attached hydrogens (tertiary/aromatic N) is 6. The second-order valence-corrected chi connectivity index (χ2v) is 4.84. The minimum absolute atomic E-state index is 0.243. The first-order valence-electron chi connectivity index (χ1n) is 5.25. The molecule has 7 nitrogen and oxygen atoms in total. The Kier molecular flexibility index (Phi) is 3.32. The summed E-state index contributed by atoms with van der Waals surface area (Å²) in [5.41, 5.74) is 5.76. The molecule has 0 saturated heterocycles. The Morgan fingerprint density at radius 1 is 1.41 bits per heavy atom. The summed E-state index contributed by atoms with van der Waals surface area (Å²) >= 11 is 1.55. The highest BCUT2D eigenvalue weighted by molar-refractivity contribution is 7.98. The van der Waals surface area contributed by atoms with Gasteiger partial charge in [0.05, 0.1) is 5.75 Å². The average molecular weight is 253 g/mol. The van der Waals surface area contributed by atoms with Crippen LogP contribution in [-0.4, -0.2) is 29.5 Å². The third kappa shape index (κ3) is 2.41. The highest BCUT2D eigenvalue weighted by Crippen LogP contribution is 2.24. The maximum atomic E-state index is 5.76. The molecule has 0 aliphatic heterocycles. The Balaban J connectivity index is 2.12. The van der Waals surface area contributed by atoms with E-state index in [1.165, 1.54) is 6.33 Å². The number of aryl methyl sites for hydroxylation is 1.